The highest BCUT2D eigenvalue weighted by molar-refractivity contribution is 9.10. The lowest BCUT2D eigenvalue weighted by Crippen LogP contribution is -2.22. The van der Waals surface area contributed by atoms with Crippen molar-refractivity contribution in [2.75, 3.05) is 11.9 Å². The van der Waals surface area contributed by atoms with E-state index >= 15 is 0 Å². The summed E-state index contributed by atoms with van der Waals surface area (Å²) in [7, 11) is 0. The normalized spacial score (nSPS) is 10.5. The smallest absolute Gasteiger partial charge is 0.358 e. The molecule has 2 aromatic heterocycles. The van der Waals surface area contributed by atoms with E-state index in [4.69, 9.17) is 4.74 Å². The first kappa shape index (κ1) is 19.0. The van der Waals surface area contributed by atoms with Crippen LogP contribution < -0.4 is 5.32 Å². The van der Waals surface area contributed by atoms with Crippen LogP contribution in [0.15, 0.2) is 40.4 Å². The molecule has 0 atom stereocenters. The zero-order chi connectivity index (χ0) is 19.4. The molecule has 0 aliphatic rings. The van der Waals surface area contributed by atoms with E-state index in [2.05, 4.69) is 36.2 Å². The second kappa shape index (κ2) is 8.27. The van der Waals surface area contributed by atoms with Crippen LogP contribution in [0.25, 0.3) is 10.8 Å². The number of esters is 1. The third-order valence-corrected chi connectivity index (χ3v) is 4.54. The summed E-state index contributed by atoms with van der Waals surface area (Å²) < 4.78 is 31.6. The Hall–Kier alpha value is -2.79. The van der Waals surface area contributed by atoms with Gasteiger partial charge in [-0.1, -0.05) is 0 Å². The van der Waals surface area contributed by atoms with Gasteiger partial charge in [0, 0.05) is 28.3 Å². The summed E-state index contributed by atoms with van der Waals surface area (Å²) in [6, 6.07) is 3.26. The molecule has 0 saturated carbocycles. The summed E-state index contributed by atoms with van der Waals surface area (Å²) in [5.74, 6) is -3.03. The van der Waals surface area contributed by atoms with Crippen molar-refractivity contribution in [3.63, 3.8) is 0 Å². The molecule has 1 N–H and O–H groups in total. The van der Waals surface area contributed by atoms with E-state index in [0.717, 1.165) is 17.4 Å². The maximum Gasteiger partial charge on any atom is 0.358 e. The van der Waals surface area contributed by atoms with Gasteiger partial charge in [0.1, 0.15) is 5.82 Å². The summed E-state index contributed by atoms with van der Waals surface area (Å²) >= 11 is 4.09. The molecule has 0 aliphatic heterocycles. The minimum Gasteiger partial charge on any atom is -0.451 e. The molecular formula is C16H9BrF2N4O3S. The van der Waals surface area contributed by atoms with E-state index < -0.39 is 30.1 Å². The standard InChI is InChI=1S/C16H9BrF2N4O3S/c17-9-4-8(18)5-10(19)13(9)23-12(24)6-26-16(25)11-7-27-15(22-11)14-20-2-1-3-21-14/h1-5,7H,6H2,(H,23,24). The van der Waals surface area contributed by atoms with Gasteiger partial charge in [0.05, 0.1) is 5.69 Å². The molecule has 1 aromatic carbocycles. The second-order valence-corrected chi connectivity index (χ2v) is 6.69. The van der Waals surface area contributed by atoms with Gasteiger partial charge in [-0.05, 0) is 28.1 Å². The Labute approximate surface area is 163 Å². The Morgan fingerprint density at radius 3 is 2.67 bits per heavy atom. The molecule has 3 aromatic rings. The number of halogens is 3. The van der Waals surface area contributed by atoms with Crippen molar-refractivity contribution in [3.8, 4) is 10.8 Å². The molecule has 0 fully saturated rings. The van der Waals surface area contributed by atoms with Crippen LogP contribution >= 0.6 is 27.3 Å². The summed E-state index contributed by atoms with van der Waals surface area (Å²) in [4.78, 5) is 35.9. The number of benzene rings is 1. The van der Waals surface area contributed by atoms with E-state index in [1.54, 1.807) is 18.5 Å². The van der Waals surface area contributed by atoms with E-state index in [1.165, 1.54) is 5.38 Å². The molecule has 0 radical (unpaired) electrons. The van der Waals surface area contributed by atoms with Gasteiger partial charge < -0.3 is 10.1 Å². The molecule has 0 saturated heterocycles. The van der Waals surface area contributed by atoms with Crippen LogP contribution in [0.2, 0.25) is 0 Å². The van der Waals surface area contributed by atoms with Crippen molar-refractivity contribution in [3.05, 3.63) is 57.8 Å². The summed E-state index contributed by atoms with van der Waals surface area (Å²) in [6.07, 6.45) is 3.08. The molecule has 1 amide bonds. The van der Waals surface area contributed by atoms with Crippen LogP contribution in [0.1, 0.15) is 10.5 Å². The van der Waals surface area contributed by atoms with Crippen molar-refractivity contribution >= 4 is 44.8 Å². The highest BCUT2D eigenvalue weighted by atomic mass is 79.9. The number of nitrogens with one attached hydrogen (secondary N) is 1. The summed E-state index contributed by atoms with van der Waals surface area (Å²) in [5.41, 5.74) is -0.265. The van der Waals surface area contributed by atoms with Crippen LogP contribution in [0.4, 0.5) is 14.5 Å². The number of ether oxygens (including phenoxy) is 1. The number of thiazole rings is 1. The Balaban J connectivity index is 1.60. The van der Waals surface area contributed by atoms with Crippen molar-refractivity contribution in [2.45, 2.75) is 0 Å². The molecule has 2 heterocycles. The van der Waals surface area contributed by atoms with Crippen molar-refractivity contribution in [1.82, 2.24) is 15.0 Å². The highest BCUT2D eigenvalue weighted by Crippen LogP contribution is 2.26. The van der Waals surface area contributed by atoms with Crippen molar-refractivity contribution in [1.29, 1.82) is 0 Å². The average molecular weight is 455 g/mol. The molecule has 3 rings (SSSR count). The third kappa shape index (κ3) is 4.68. The Kier molecular flexibility index (Phi) is 5.81. The van der Waals surface area contributed by atoms with Crippen LogP contribution in [0, 0.1) is 11.6 Å². The number of carbonyl (C=O) groups is 2. The SMILES string of the molecule is O=C(COC(=O)c1csc(-c2ncccn2)n1)Nc1c(F)cc(F)cc1Br. The quantitative estimate of drug-likeness (QED) is 0.593. The first-order valence-electron chi connectivity index (χ1n) is 7.28. The first-order chi connectivity index (χ1) is 12.9. The number of hydrogen-bond donors (Lipinski definition) is 1. The Morgan fingerprint density at radius 1 is 1.22 bits per heavy atom. The molecular weight excluding hydrogens is 446 g/mol. The fourth-order valence-corrected chi connectivity index (χ4v) is 3.16. The average Bonchev–Trinajstić information content (AvgIpc) is 3.14. The molecule has 0 aliphatic carbocycles. The number of nitrogens with zero attached hydrogens (tertiary/aromatic N) is 3. The number of aromatic nitrogens is 3. The molecule has 0 unspecified atom stereocenters. The van der Waals surface area contributed by atoms with Gasteiger partial charge in [0.25, 0.3) is 5.91 Å². The van der Waals surface area contributed by atoms with Gasteiger partial charge in [-0.25, -0.2) is 28.5 Å². The minimum absolute atomic E-state index is 0.00982. The predicted molar refractivity (Wildman–Crippen MR) is 96.1 cm³/mol. The van der Waals surface area contributed by atoms with Gasteiger partial charge in [-0.2, -0.15) is 0 Å². The molecule has 27 heavy (non-hydrogen) atoms. The highest BCUT2D eigenvalue weighted by Gasteiger charge is 2.17. The molecule has 0 bridgehead atoms. The summed E-state index contributed by atoms with van der Waals surface area (Å²) in [6.45, 7) is -0.670. The monoisotopic (exact) mass is 454 g/mol. The lowest BCUT2D eigenvalue weighted by molar-refractivity contribution is -0.119. The van der Waals surface area contributed by atoms with E-state index in [0.29, 0.717) is 16.9 Å². The molecule has 7 nitrogen and oxygen atoms in total. The Bertz CT molecular complexity index is 977. The summed E-state index contributed by atoms with van der Waals surface area (Å²) in [5, 5.41) is 4.07. The van der Waals surface area contributed by atoms with Crippen LogP contribution in [-0.2, 0) is 9.53 Å². The molecule has 138 valence electrons. The van der Waals surface area contributed by atoms with Crippen LogP contribution in [-0.4, -0.2) is 33.4 Å². The fourth-order valence-electron chi connectivity index (χ4n) is 1.92. The molecule has 11 heteroatoms. The Morgan fingerprint density at radius 2 is 1.96 bits per heavy atom. The zero-order valence-corrected chi connectivity index (χ0v) is 15.7. The topological polar surface area (TPSA) is 94.1 Å². The first-order valence-corrected chi connectivity index (χ1v) is 8.95. The van der Waals surface area contributed by atoms with E-state index in [-0.39, 0.29) is 15.9 Å². The number of anilines is 1. The lowest BCUT2D eigenvalue weighted by Gasteiger charge is -2.09. The third-order valence-electron chi connectivity index (χ3n) is 3.08. The second-order valence-electron chi connectivity index (χ2n) is 4.98. The van der Waals surface area contributed by atoms with E-state index in [1.807, 2.05) is 0 Å². The number of hydrogen-bond acceptors (Lipinski definition) is 7. The number of amides is 1. The predicted octanol–water partition coefficient (Wildman–Crippen LogP) is 3.44. The largest absolute Gasteiger partial charge is 0.451 e. The van der Waals surface area contributed by atoms with Crippen molar-refractivity contribution < 1.29 is 23.1 Å². The zero-order valence-electron chi connectivity index (χ0n) is 13.3. The lowest BCUT2D eigenvalue weighted by atomic mass is 10.3. The number of rotatable bonds is 5. The minimum atomic E-state index is -0.964. The van der Waals surface area contributed by atoms with Gasteiger partial charge in [-0.15, -0.1) is 11.3 Å². The van der Waals surface area contributed by atoms with Crippen LogP contribution in [0.3, 0.4) is 0 Å². The number of carbonyl (C=O) groups excluding carboxylic acids is 2. The van der Waals surface area contributed by atoms with Gasteiger partial charge in [-0.3, -0.25) is 4.79 Å². The van der Waals surface area contributed by atoms with Crippen LogP contribution in [0.5, 0.6) is 0 Å². The van der Waals surface area contributed by atoms with E-state index in [9.17, 15) is 18.4 Å². The fraction of sp³-hybridized carbons (Fsp3) is 0.0625. The van der Waals surface area contributed by atoms with Gasteiger partial charge in [0.2, 0.25) is 0 Å². The molecule has 0 spiro atoms. The maximum atomic E-state index is 13.7. The maximum absolute atomic E-state index is 13.7. The van der Waals surface area contributed by atoms with Crippen molar-refractivity contribution in [2.24, 2.45) is 0 Å². The van der Waals surface area contributed by atoms with Gasteiger partial charge >= 0.3 is 5.97 Å². The van der Waals surface area contributed by atoms with Gasteiger partial charge in [0.15, 0.2) is 29.0 Å².